The van der Waals surface area contributed by atoms with Gasteiger partial charge in [0.15, 0.2) is 12.7 Å². The Bertz CT molecular complexity index is 495. The zero-order chi connectivity index (χ0) is 15.1. The number of rotatable bonds is 6. The van der Waals surface area contributed by atoms with Gasteiger partial charge in [-0.25, -0.2) is 9.18 Å². The molecule has 1 rings (SSSR count). The zero-order valence-electron chi connectivity index (χ0n) is 11.1. The van der Waals surface area contributed by atoms with Gasteiger partial charge in [-0.3, -0.25) is 4.79 Å². The second-order valence-corrected chi connectivity index (χ2v) is 4.74. The number of esters is 1. The lowest BCUT2D eigenvalue weighted by atomic mass is 10.3. The van der Waals surface area contributed by atoms with Gasteiger partial charge in [-0.2, -0.15) is 0 Å². The molecule has 0 saturated carbocycles. The van der Waals surface area contributed by atoms with E-state index in [1.54, 1.807) is 6.92 Å². The second-order valence-electron chi connectivity index (χ2n) is 3.89. The van der Waals surface area contributed by atoms with Crippen molar-refractivity contribution >= 4 is 27.8 Å². The monoisotopic (exact) mass is 347 g/mol. The lowest BCUT2D eigenvalue weighted by molar-refractivity contribution is -0.156. The van der Waals surface area contributed by atoms with Crippen molar-refractivity contribution in [3.8, 4) is 5.75 Å². The van der Waals surface area contributed by atoms with Gasteiger partial charge in [-0.15, -0.1) is 0 Å². The van der Waals surface area contributed by atoms with Crippen LogP contribution in [0.4, 0.5) is 4.39 Å². The predicted molar refractivity (Wildman–Crippen MR) is 73.8 cm³/mol. The van der Waals surface area contributed by atoms with Gasteiger partial charge in [0.1, 0.15) is 11.6 Å². The molecule has 0 aliphatic rings. The summed E-state index contributed by atoms with van der Waals surface area (Å²) >= 11 is 3.11. The molecule has 1 aromatic rings. The average molecular weight is 348 g/mol. The Labute approximate surface area is 124 Å². The van der Waals surface area contributed by atoms with Crippen molar-refractivity contribution in [3.05, 3.63) is 28.5 Å². The van der Waals surface area contributed by atoms with Crippen molar-refractivity contribution < 1.29 is 23.5 Å². The zero-order valence-corrected chi connectivity index (χ0v) is 12.7. The fourth-order valence-corrected chi connectivity index (χ4v) is 1.80. The summed E-state index contributed by atoms with van der Waals surface area (Å²) in [6, 6.07) is 3.82. The molecule has 1 atom stereocenters. The third-order valence-corrected chi connectivity index (χ3v) is 2.89. The van der Waals surface area contributed by atoms with Crippen molar-refractivity contribution in [2.24, 2.45) is 0 Å². The van der Waals surface area contributed by atoms with Gasteiger partial charge in [0.05, 0.1) is 4.47 Å². The number of likely N-dealkylation sites (N-methyl/N-ethyl adjacent to an activating group) is 1. The van der Waals surface area contributed by atoms with Crippen LogP contribution in [0.3, 0.4) is 0 Å². The highest BCUT2D eigenvalue weighted by atomic mass is 79.9. The van der Waals surface area contributed by atoms with Crippen LogP contribution in [-0.4, -0.2) is 31.1 Å². The Balaban J connectivity index is 2.45. The van der Waals surface area contributed by atoms with Crippen LogP contribution in [0.25, 0.3) is 0 Å². The van der Waals surface area contributed by atoms with E-state index in [0.717, 1.165) is 0 Å². The van der Waals surface area contributed by atoms with Crippen LogP contribution in [-0.2, 0) is 14.3 Å². The van der Waals surface area contributed by atoms with E-state index in [1.165, 1.54) is 25.1 Å². The fraction of sp³-hybridized carbons (Fsp3) is 0.385. The summed E-state index contributed by atoms with van der Waals surface area (Å²) in [6.07, 6.45) is -0.886. The Kier molecular flexibility index (Phi) is 6.44. The van der Waals surface area contributed by atoms with Crippen LogP contribution in [0.5, 0.6) is 5.75 Å². The lowest BCUT2D eigenvalue weighted by Gasteiger charge is -2.13. The number of benzene rings is 1. The average Bonchev–Trinajstić information content (AvgIpc) is 2.37. The molecule has 110 valence electrons. The van der Waals surface area contributed by atoms with Crippen LogP contribution in [0.2, 0.25) is 0 Å². The molecule has 0 unspecified atom stereocenters. The molecule has 0 aliphatic carbocycles. The molecule has 1 amide bonds. The molecule has 0 radical (unpaired) electrons. The lowest BCUT2D eigenvalue weighted by Crippen LogP contribution is -2.36. The van der Waals surface area contributed by atoms with Crippen molar-refractivity contribution in [2.45, 2.75) is 20.0 Å². The van der Waals surface area contributed by atoms with Gasteiger partial charge in [-0.05, 0) is 48.0 Å². The summed E-state index contributed by atoms with van der Waals surface area (Å²) in [5, 5.41) is 2.53. The smallest absolute Gasteiger partial charge is 0.344 e. The number of carbonyl (C=O) groups excluding carboxylic acids is 2. The van der Waals surface area contributed by atoms with Gasteiger partial charge >= 0.3 is 5.97 Å². The molecule has 0 aliphatic heterocycles. The van der Waals surface area contributed by atoms with Crippen LogP contribution in [0.15, 0.2) is 22.7 Å². The Morgan fingerprint density at radius 2 is 2.15 bits per heavy atom. The van der Waals surface area contributed by atoms with Gasteiger partial charge in [0, 0.05) is 6.54 Å². The van der Waals surface area contributed by atoms with E-state index >= 15 is 0 Å². The Morgan fingerprint density at radius 1 is 1.45 bits per heavy atom. The van der Waals surface area contributed by atoms with E-state index in [0.29, 0.717) is 16.8 Å². The summed E-state index contributed by atoms with van der Waals surface area (Å²) in [5.41, 5.74) is 0. The minimum absolute atomic E-state index is 0.314. The summed E-state index contributed by atoms with van der Waals surface area (Å²) in [4.78, 5) is 22.9. The summed E-state index contributed by atoms with van der Waals surface area (Å²) < 4.78 is 23.3. The molecule has 7 heteroatoms. The topological polar surface area (TPSA) is 64.6 Å². The second kappa shape index (κ2) is 7.84. The first-order chi connectivity index (χ1) is 9.43. The maximum Gasteiger partial charge on any atom is 0.344 e. The normalized spacial score (nSPS) is 11.6. The van der Waals surface area contributed by atoms with Crippen LogP contribution < -0.4 is 10.1 Å². The van der Waals surface area contributed by atoms with E-state index in [1.807, 2.05) is 0 Å². The van der Waals surface area contributed by atoms with E-state index < -0.39 is 17.9 Å². The van der Waals surface area contributed by atoms with Crippen LogP contribution in [0, 0.1) is 5.82 Å². The molecule has 20 heavy (non-hydrogen) atoms. The van der Waals surface area contributed by atoms with E-state index in [4.69, 9.17) is 9.47 Å². The van der Waals surface area contributed by atoms with E-state index in [9.17, 15) is 14.0 Å². The molecule has 0 spiro atoms. The molecule has 5 nitrogen and oxygen atoms in total. The first-order valence-electron chi connectivity index (χ1n) is 5.99. The van der Waals surface area contributed by atoms with Gasteiger partial charge in [0.25, 0.3) is 5.91 Å². The number of halogens is 2. The molecule has 0 aromatic heterocycles. The van der Waals surface area contributed by atoms with Crippen molar-refractivity contribution in [1.82, 2.24) is 5.32 Å². The molecule has 1 N–H and O–H groups in total. The maximum atomic E-state index is 12.9. The highest BCUT2D eigenvalue weighted by molar-refractivity contribution is 9.10. The summed E-state index contributed by atoms with van der Waals surface area (Å²) in [6.45, 7) is 3.33. The number of ether oxygens (including phenoxy) is 2. The number of hydrogen-bond donors (Lipinski definition) is 1. The van der Waals surface area contributed by atoms with Gasteiger partial charge in [0.2, 0.25) is 0 Å². The fourth-order valence-electron chi connectivity index (χ4n) is 1.33. The number of nitrogens with one attached hydrogen (secondary N) is 1. The SMILES string of the molecule is CCNC(=O)[C@H](C)OC(=O)COc1ccc(F)cc1Br. The number of amides is 1. The van der Waals surface area contributed by atoms with E-state index in [2.05, 4.69) is 21.2 Å². The molecular weight excluding hydrogens is 333 g/mol. The highest BCUT2D eigenvalue weighted by Crippen LogP contribution is 2.25. The minimum atomic E-state index is -0.886. The summed E-state index contributed by atoms with van der Waals surface area (Å²) in [5.74, 6) is -1.16. The van der Waals surface area contributed by atoms with Crippen LogP contribution in [0.1, 0.15) is 13.8 Å². The summed E-state index contributed by atoms with van der Waals surface area (Å²) in [7, 11) is 0. The molecular formula is C13H15BrFNO4. The van der Waals surface area contributed by atoms with Crippen molar-refractivity contribution in [2.75, 3.05) is 13.2 Å². The third-order valence-electron chi connectivity index (χ3n) is 2.27. The molecule has 1 aromatic carbocycles. The molecule has 0 fully saturated rings. The van der Waals surface area contributed by atoms with Crippen molar-refractivity contribution in [1.29, 1.82) is 0 Å². The minimum Gasteiger partial charge on any atom is -0.481 e. The number of carbonyl (C=O) groups is 2. The van der Waals surface area contributed by atoms with Gasteiger partial charge in [-0.1, -0.05) is 0 Å². The third kappa shape index (κ3) is 5.16. The van der Waals surface area contributed by atoms with Crippen LogP contribution >= 0.6 is 15.9 Å². The molecule has 0 saturated heterocycles. The first kappa shape index (κ1) is 16.4. The predicted octanol–water partition coefficient (Wildman–Crippen LogP) is 2.03. The molecule has 0 heterocycles. The standard InChI is InChI=1S/C13H15BrFNO4/c1-3-16-13(18)8(2)20-12(17)7-19-11-5-4-9(15)6-10(11)14/h4-6,8H,3,7H2,1-2H3,(H,16,18)/t8-/m0/s1. The largest absolute Gasteiger partial charge is 0.481 e. The maximum absolute atomic E-state index is 12.9. The van der Waals surface area contributed by atoms with Gasteiger partial charge < -0.3 is 14.8 Å². The Morgan fingerprint density at radius 3 is 2.75 bits per heavy atom. The number of hydrogen-bond acceptors (Lipinski definition) is 4. The quantitative estimate of drug-likeness (QED) is 0.799. The van der Waals surface area contributed by atoms with Crippen molar-refractivity contribution in [3.63, 3.8) is 0 Å². The first-order valence-corrected chi connectivity index (χ1v) is 6.78. The molecule has 0 bridgehead atoms. The van der Waals surface area contributed by atoms with E-state index in [-0.39, 0.29) is 12.5 Å². The highest BCUT2D eigenvalue weighted by Gasteiger charge is 2.17. The Hall–Kier alpha value is -1.63.